The van der Waals surface area contributed by atoms with Crippen LogP contribution < -0.4 is 5.32 Å². The van der Waals surface area contributed by atoms with Crippen molar-refractivity contribution in [2.75, 3.05) is 5.32 Å². The minimum absolute atomic E-state index is 0.140. The van der Waals surface area contributed by atoms with Gasteiger partial charge in [0.2, 0.25) is 0 Å². The Labute approximate surface area is 153 Å². The van der Waals surface area contributed by atoms with Crippen molar-refractivity contribution in [1.29, 1.82) is 0 Å². The van der Waals surface area contributed by atoms with Crippen LogP contribution in [0.3, 0.4) is 0 Å². The van der Waals surface area contributed by atoms with Gasteiger partial charge in [0.05, 0.1) is 6.04 Å². The van der Waals surface area contributed by atoms with Crippen molar-refractivity contribution >= 4 is 5.69 Å². The maximum Gasteiger partial charge on any atom is 0.123 e. The van der Waals surface area contributed by atoms with Crippen molar-refractivity contribution in [3.05, 3.63) is 102 Å². The molecule has 2 aliphatic rings. The third-order valence-corrected chi connectivity index (χ3v) is 5.68. The lowest BCUT2D eigenvalue weighted by atomic mass is 9.76. The number of nitrogens with one attached hydrogen (secondary N) is 1. The van der Waals surface area contributed by atoms with Gasteiger partial charge in [-0.3, -0.25) is 0 Å². The highest BCUT2D eigenvalue weighted by molar-refractivity contribution is 5.71. The van der Waals surface area contributed by atoms with E-state index in [1.165, 1.54) is 22.8 Å². The van der Waals surface area contributed by atoms with Crippen LogP contribution in [0.2, 0.25) is 0 Å². The van der Waals surface area contributed by atoms with Gasteiger partial charge in [-0.05, 0) is 58.9 Å². The molecule has 0 amide bonds. The Morgan fingerprint density at radius 2 is 1.73 bits per heavy atom. The first-order chi connectivity index (χ1) is 12.8. The smallest absolute Gasteiger partial charge is 0.123 e. The molecule has 0 fully saturated rings. The first kappa shape index (κ1) is 15.4. The third kappa shape index (κ3) is 2.53. The predicted octanol–water partition coefficient (Wildman–Crippen LogP) is 6.32. The van der Waals surface area contributed by atoms with Crippen LogP contribution in [-0.2, 0) is 0 Å². The van der Waals surface area contributed by atoms with E-state index >= 15 is 0 Å². The van der Waals surface area contributed by atoms with Gasteiger partial charge in [0.1, 0.15) is 5.82 Å². The van der Waals surface area contributed by atoms with E-state index in [1.807, 2.05) is 12.1 Å². The summed E-state index contributed by atoms with van der Waals surface area (Å²) in [6.45, 7) is 0. The number of rotatable bonds is 2. The van der Waals surface area contributed by atoms with Crippen LogP contribution in [0.4, 0.5) is 10.1 Å². The van der Waals surface area contributed by atoms with Crippen LogP contribution in [0, 0.1) is 11.7 Å². The van der Waals surface area contributed by atoms with E-state index < -0.39 is 0 Å². The maximum absolute atomic E-state index is 13.8. The molecule has 0 spiro atoms. The van der Waals surface area contributed by atoms with Crippen molar-refractivity contribution in [3.8, 4) is 11.1 Å². The summed E-state index contributed by atoms with van der Waals surface area (Å²) in [7, 11) is 0. The molecular weight excluding hydrogens is 321 g/mol. The summed E-state index contributed by atoms with van der Waals surface area (Å²) in [6.07, 6.45) is 5.62. The summed E-state index contributed by atoms with van der Waals surface area (Å²) in [5.41, 5.74) is 6.02. The monoisotopic (exact) mass is 341 g/mol. The SMILES string of the molecule is Fc1cccc([C@@H]2Nc3ccc(-c4ccccc4)cc3[C@H]3C=CC[C@H]32)c1. The van der Waals surface area contributed by atoms with Crippen molar-refractivity contribution in [1.82, 2.24) is 0 Å². The lowest BCUT2D eigenvalue weighted by Crippen LogP contribution is -2.29. The molecule has 128 valence electrons. The van der Waals surface area contributed by atoms with E-state index in [2.05, 4.69) is 59.9 Å². The van der Waals surface area contributed by atoms with E-state index in [-0.39, 0.29) is 11.9 Å². The van der Waals surface area contributed by atoms with Crippen molar-refractivity contribution < 1.29 is 4.39 Å². The van der Waals surface area contributed by atoms with E-state index in [9.17, 15) is 4.39 Å². The number of hydrogen-bond donors (Lipinski definition) is 1. The summed E-state index contributed by atoms with van der Waals surface area (Å²) in [5, 5.41) is 3.68. The number of anilines is 1. The number of benzene rings is 3. The lowest BCUT2D eigenvalue weighted by molar-refractivity contribution is 0.424. The van der Waals surface area contributed by atoms with E-state index in [1.54, 1.807) is 12.1 Å². The molecule has 0 aromatic heterocycles. The Balaban J connectivity index is 1.57. The molecule has 0 saturated heterocycles. The first-order valence-corrected chi connectivity index (χ1v) is 9.17. The summed E-state index contributed by atoms with van der Waals surface area (Å²) in [4.78, 5) is 0. The zero-order valence-corrected chi connectivity index (χ0v) is 14.4. The van der Waals surface area contributed by atoms with Gasteiger partial charge in [0.15, 0.2) is 0 Å². The molecule has 2 heteroatoms. The van der Waals surface area contributed by atoms with Crippen molar-refractivity contribution in [3.63, 3.8) is 0 Å². The van der Waals surface area contributed by atoms with Gasteiger partial charge in [-0.25, -0.2) is 4.39 Å². The number of halogens is 1. The van der Waals surface area contributed by atoms with Crippen molar-refractivity contribution in [2.24, 2.45) is 5.92 Å². The molecule has 3 aromatic carbocycles. The van der Waals surface area contributed by atoms with Gasteiger partial charge in [-0.1, -0.05) is 60.7 Å². The third-order valence-electron chi connectivity index (χ3n) is 5.68. The highest BCUT2D eigenvalue weighted by Crippen LogP contribution is 2.50. The maximum atomic E-state index is 13.8. The highest BCUT2D eigenvalue weighted by atomic mass is 19.1. The largest absolute Gasteiger partial charge is 0.378 e. The van der Waals surface area contributed by atoms with Gasteiger partial charge in [0.25, 0.3) is 0 Å². The molecule has 1 nitrogen and oxygen atoms in total. The van der Waals surface area contributed by atoms with Crippen LogP contribution in [0.25, 0.3) is 11.1 Å². The van der Waals surface area contributed by atoms with E-state index in [0.29, 0.717) is 11.8 Å². The second-order valence-electron chi connectivity index (χ2n) is 7.20. The molecule has 26 heavy (non-hydrogen) atoms. The highest BCUT2D eigenvalue weighted by Gasteiger charge is 2.38. The Morgan fingerprint density at radius 3 is 2.58 bits per heavy atom. The number of fused-ring (bicyclic) bond motifs is 3. The minimum atomic E-state index is -0.169. The molecule has 1 N–H and O–H groups in total. The average molecular weight is 341 g/mol. The van der Waals surface area contributed by atoms with Gasteiger partial charge in [-0.2, -0.15) is 0 Å². The fourth-order valence-corrected chi connectivity index (χ4v) is 4.43. The molecule has 1 heterocycles. The van der Waals surface area contributed by atoms with Crippen molar-refractivity contribution in [2.45, 2.75) is 18.4 Å². The van der Waals surface area contributed by atoms with E-state index in [4.69, 9.17) is 0 Å². The summed E-state index contributed by atoms with van der Waals surface area (Å²) >= 11 is 0. The summed E-state index contributed by atoms with van der Waals surface area (Å²) in [6, 6.07) is 24.3. The van der Waals surface area contributed by atoms with Gasteiger partial charge in [0, 0.05) is 11.6 Å². The molecule has 0 radical (unpaired) electrons. The van der Waals surface area contributed by atoms with Crippen LogP contribution >= 0.6 is 0 Å². The Morgan fingerprint density at radius 1 is 0.846 bits per heavy atom. The predicted molar refractivity (Wildman–Crippen MR) is 105 cm³/mol. The molecule has 3 aromatic rings. The minimum Gasteiger partial charge on any atom is -0.378 e. The summed E-state index contributed by atoms with van der Waals surface area (Å²) < 4.78 is 13.8. The molecule has 0 bridgehead atoms. The molecule has 5 rings (SSSR count). The van der Waals surface area contributed by atoms with Crippen LogP contribution in [0.1, 0.15) is 29.5 Å². The second kappa shape index (κ2) is 6.14. The Hall–Kier alpha value is -2.87. The molecule has 1 aliphatic carbocycles. The number of hydrogen-bond acceptors (Lipinski definition) is 1. The van der Waals surface area contributed by atoms with Crippen LogP contribution in [-0.4, -0.2) is 0 Å². The Kier molecular flexibility index (Phi) is 3.63. The van der Waals surface area contributed by atoms with Gasteiger partial charge < -0.3 is 5.32 Å². The standard InChI is InChI=1S/C24H20FN/c25-19-9-4-8-18(14-19)24-21-11-5-10-20(21)22-15-17(12-13-23(22)26-24)16-6-2-1-3-7-16/h1-10,12-15,20-21,24,26H,11H2/t20-,21+,24-/m0/s1. The fraction of sp³-hybridized carbons (Fsp3) is 0.167. The zero-order valence-electron chi connectivity index (χ0n) is 14.4. The molecule has 0 unspecified atom stereocenters. The number of allylic oxidation sites excluding steroid dienone is 2. The first-order valence-electron chi connectivity index (χ1n) is 9.17. The quantitative estimate of drug-likeness (QED) is 0.538. The van der Waals surface area contributed by atoms with E-state index in [0.717, 1.165) is 17.7 Å². The molecule has 0 saturated carbocycles. The molecular formula is C24H20FN. The second-order valence-corrected chi connectivity index (χ2v) is 7.20. The summed E-state index contributed by atoms with van der Waals surface area (Å²) in [5.74, 6) is 0.635. The van der Waals surface area contributed by atoms with Gasteiger partial charge >= 0.3 is 0 Å². The zero-order chi connectivity index (χ0) is 17.5. The van der Waals surface area contributed by atoms with Crippen LogP contribution in [0.15, 0.2) is 84.9 Å². The van der Waals surface area contributed by atoms with Crippen LogP contribution in [0.5, 0.6) is 0 Å². The van der Waals surface area contributed by atoms with Gasteiger partial charge in [-0.15, -0.1) is 0 Å². The normalized spacial score (nSPS) is 23.2. The topological polar surface area (TPSA) is 12.0 Å². The Bertz CT molecular complexity index is 977. The lowest BCUT2D eigenvalue weighted by Gasteiger charge is -2.37. The molecule has 3 atom stereocenters. The fourth-order valence-electron chi connectivity index (χ4n) is 4.43. The average Bonchev–Trinajstić information content (AvgIpc) is 3.18. The molecule has 1 aliphatic heterocycles.